The van der Waals surface area contributed by atoms with Crippen molar-refractivity contribution in [1.82, 2.24) is 25.7 Å². The van der Waals surface area contributed by atoms with Gasteiger partial charge in [-0.15, -0.1) is 0 Å². The van der Waals surface area contributed by atoms with Crippen LogP contribution >= 0.6 is 0 Å². The summed E-state index contributed by atoms with van der Waals surface area (Å²) in [4.78, 5) is 38.0. The number of nitrogens with two attached hydrogens (primary N) is 1. The smallest absolute Gasteiger partial charge is 0.256 e. The Morgan fingerprint density at radius 2 is 1.71 bits per heavy atom. The molecule has 0 radical (unpaired) electrons. The predicted octanol–water partition coefficient (Wildman–Crippen LogP) is 3.59. The third-order valence-corrected chi connectivity index (χ3v) is 7.18. The van der Waals surface area contributed by atoms with Gasteiger partial charge in [0, 0.05) is 19.2 Å². The quantitative estimate of drug-likeness (QED) is 0.327. The van der Waals surface area contributed by atoms with Gasteiger partial charge in [-0.3, -0.25) is 14.4 Å². The number of nitrogens with one attached hydrogen (secondary N) is 3. The SMILES string of the molecule is CNC(=O)[C@H](CCC1CCCCC1)NC(=O)c1ccc(CNC(=O)c2cnn(-c3ccccc3)c2N)cc1. The molecule has 0 unspecified atom stereocenters. The summed E-state index contributed by atoms with van der Waals surface area (Å²) in [6.07, 6.45) is 9.21. The van der Waals surface area contributed by atoms with Crippen molar-refractivity contribution in [3.8, 4) is 5.69 Å². The Labute approximate surface area is 223 Å². The number of likely N-dealkylation sites (N-methyl/N-ethyl adjacent to an activating group) is 1. The Morgan fingerprint density at radius 3 is 2.39 bits per heavy atom. The van der Waals surface area contributed by atoms with Crippen LogP contribution in [0.2, 0.25) is 0 Å². The fourth-order valence-corrected chi connectivity index (χ4v) is 4.92. The molecule has 1 aromatic heterocycles. The van der Waals surface area contributed by atoms with E-state index in [1.807, 2.05) is 30.3 Å². The van der Waals surface area contributed by atoms with Gasteiger partial charge in [-0.1, -0.05) is 62.4 Å². The van der Waals surface area contributed by atoms with Gasteiger partial charge in [0.1, 0.15) is 17.4 Å². The average molecular weight is 517 g/mol. The van der Waals surface area contributed by atoms with E-state index in [1.165, 1.54) is 43.0 Å². The summed E-state index contributed by atoms with van der Waals surface area (Å²) in [6.45, 7) is 0.263. The number of anilines is 1. The molecule has 2 aromatic carbocycles. The van der Waals surface area contributed by atoms with Crippen molar-refractivity contribution in [1.29, 1.82) is 0 Å². The highest BCUT2D eigenvalue weighted by molar-refractivity contribution is 5.99. The topological polar surface area (TPSA) is 131 Å². The second-order valence-electron chi connectivity index (χ2n) is 9.79. The van der Waals surface area contributed by atoms with E-state index in [0.717, 1.165) is 17.7 Å². The zero-order chi connectivity index (χ0) is 26.9. The van der Waals surface area contributed by atoms with E-state index in [1.54, 1.807) is 31.3 Å². The molecule has 5 N–H and O–H groups in total. The number of rotatable bonds is 10. The number of aromatic nitrogens is 2. The maximum absolute atomic E-state index is 12.9. The summed E-state index contributed by atoms with van der Waals surface area (Å²) in [5.41, 5.74) is 8.50. The van der Waals surface area contributed by atoms with Crippen molar-refractivity contribution in [3.63, 3.8) is 0 Å². The van der Waals surface area contributed by atoms with Crippen LogP contribution in [-0.2, 0) is 11.3 Å². The summed E-state index contributed by atoms with van der Waals surface area (Å²) in [7, 11) is 1.59. The van der Waals surface area contributed by atoms with Crippen molar-refractivity contribution in [2.75, 3.05) is 12.8 Å². The molecular weight excluding hydrogens is 480 g/mol. The Hall–Kier alpha value is -4.14. The maximum Gasteiger partial charge on any atom is 0.256 e. The fourth-order valence-electron chi connectivity index (χ4n) is 4.92. The normalized spacial score (nSPS) is 14.4. The molecule has 4 rings (SSSR count). The van der Waals surface area contributed by atoms with Crippen molar-refractivity contribution >= 4 is 23.5 Å². The van der Waals surface area contributed by atoms with E-state index in [9.17, 15) is 14.4 Å². The maximum atomic E-state index is 12.9. The number of hydrogen-bond donors (Lipinski definition) is 4. The zero-order valence-corrected chi connectivity index (χ0v) is 21.8. The Kier molecular flexibility index (Phi) is 9.13. The van der Waals surface area contributed by atoms with Gasteiger partial charge in [0.15, 0.2) is 0 Å². The van der Waals surface area contributed by atoms with Crippen LogP contribution in [0.15, 0.2) is 60.8 Å². The predicted molar refractivity (Wildman–Crippen MR) is 147 cm³/mol. The number of carbonyl (C=O) groups is 3. The van der Waals surface area contributed by atoms with E-state index in [4.69, 9.17) is 5.73 Å². The third-order valence-electron chi connectivity index (χ3n) is 7.18. The lowest BCUT2D eigenvalue weighted by molar-refractivity contribution is -0.122. The second-order valence-corrected chi connectivity index (χ2v) is 9.79. The van der Waals surface area contributed by atoms with E-state index in [-0.39, 0.29) is 30.1 Å². The lowest BCUT2D eigenvalue weighted by Crippen LogP contribution is -2.45. The number of nitrogens with zero attached hydrogens (tertiary/aromatic N) is 2. The molecule has 38 heavy (non-hydrogen) atoms. The molecule has 3 amide bonds. The summed E-state index contributed by atoms with van der Waals surface area (Å²) in [5.74, 6) is 0.0837. The highest BCUT2D eigenvalue weighted by Crippen LogP contribution is 2.27. The molecule has 1 aliphatic carbocycles. The fraction of sp³-hybridized carbons (Fsp3) is 0.379. The van der Waals surface area contributed by atoms with Gasteiger partial charge in [-0.05, 0) is 48.6 Å². The van der Waals surface area contributed by atoms with Crippen LogP contribution in [0.25, 0.3) is 5.69 Å². The van der Waals surface area contributed by atoms with E-state index >= 15 is 0 Å². The molecule has 3 aromatic rings. The molecule has 1 saturated carbocycles. The van der Waals surface area contributed by atoms with Crippen LogP contribution in [0, 0.1) is 5.92 Å². The number of carbonyl (C=O) groups excluding carboxylic acids is 3. The number of benzene rings is 2. The molecule has 0 aliphatic heterocycles. The molecule has 1 fully saturated rings. The van der Waals surface area contributed by atoms with Crippen LogP contribution in [-0.4, -0.2) is 40.6 Å². The Balaban J connectivity index is 1.31. The van der Waals surface area contributed by atoms with Crippen LogP contribution in [0.1, 0.15) is 71.2 Å². The average Bonchev–Trinajstić information content (AvgIpc) is 3.35. The molecule has 1 heterocycles. The van der Waals surface area contributed by atoms with Crippen molar-refractivity contribution < 1.29 is 14.4 Å². The van der Waals surface area contributed by atoms with E-state index in [2.05, 4.69) is 21.0 Å². The molecule has 9 nitrogen and oxygen atoms in total. The van der Waals surface area contributed by atoms with Crippen LogP contribution in [0.4, 0.5) is 5.82 Å². The van der Waals surface area contributed by atoms with Crippen molar-refractivity contribution in [2.24, 2.45) is 5.92 Å². The van der Waals surface area contributed by atoms with Gasteiger partial charge in [-0.25, -0.2) is 4.68 Å². The second kappa shape index (κ2) is 12.9. The monoisotopic (exact) mass is 516 g/mol. The summed E-state index contributed by atoms with van der Waals surface area (Å²) >= 11 is 0. The highest BCUT2D eigenvalue weighted by atomic mass is 16.2. The summed E-state index contributed by atoms with van der Waals surface area (Å²) < 4.78 is 1.52. The first-order valence-corrected chi connectivity index (χ1v) is 13.2. The minimum absolute atomic E-state index is 0.177. The van der Waals surface area contributed by atoms with Gasteiger partial charge >= 0.3 is 0 Å². The lowest BCUT2D eigenvalue weighted by Gasteiger charge is -2.24. The largest absolute Gasteiger partial charge is 0.383 e. The minimum atomic E-state index is -0.560. The van der Waals surface area contributed by atoms with Gasteiger partial charge in [-0.2, -0.15) is 5.10 Å². The molecule has 1 atom stereocenters. The van der Waals surface area contributed by atoms with E-state index < -0.39 is 6.04 Å². The van der Waals surface area contributed by atoms with Gasteiger partial charge in [0.05, 0.1) is 11.9 Å². The van der Waals surface area contributed by atoms with Gasteiger partial charge in [0.25, 0.3) is 11.8 Å². The molecule has 1 aliphatic rings. The number of para-hydroxylation sites is 1. The first-order valence-electron chi connectivity index (χ1n) is 13.2. The van der Waals surface area contributed by atoms with Crippen molar-refractivity contribution in [3.05, 3.63) is 77.5 Å². The van der Waals surface area contributed by atoms with Crippen LogP contribution < -0.4 is 21.7 Å². The molecule has 0 saturated heterocycles. The first kappa shape index (κ1) is 26.9. The molecule has 9 heteroatoms. The van der Waals surface area contributed by atoms with Crippen molar-refractivity contribution in [2.45, 2.75) is 57.5 Å². The first-order chi connectivity index (χ1) is 18.5. The molecule has 200 valence electrons. The standard InChI is InChI=1S/C29H36N6O3/c1-31-29(38)25(17-14-20-8-4-2-5-9-20)34-27(36)22-15-12-21(13-16-22)18-32-28(37)24-19-33-35(26(24)30)23-10-6-3-7-11-23/h3,6-7,10-13,15-16,19-20,25H,2,4-5,8-9,14,17-18,30H2,1H3,(H,31,38)(H,32,37)(H,34,36)/t25-/m0/s1. The Bertz CT molecular complexity index is 1230. The Morgan fingerprint density at radius 1 is 1.00 bits per heavy atom. The summed E-state index contributed by atoms with van der Waals surface area (Å²) in [5, 5.41) is 12.6. The van der Waals surface area contributed by atoms with Gasteiger partial charge in [0.2, 0.25) is 5.91 Å². The summed E-state index contributed by atoms with van der Waals surface area (Å²) in [6, 6.07) is 15.7. The van der Waals surface area contributed by atoms with Gasteiger partial charge < -0.3 is 21.7 Å². The van der Waals surface area contributed by atoms with E-state index in [0.29, 0.717) is 23.5 Å². The lowest BCUT2D eigenvalue weighted by atomic mass is 9.85. The van der Waals surface area contributed by atoms with Crippen LogP contribution in [0.5, 0.6) is 0 Å². The zero-order valence-electron chi connectivity index (χ0n) is 21.8. The molecular formula is C29H36N6O3. The van der Waals surface area contributed by atoms with Crippen LogP contribution in [0.3, 0.4) is 0 Å². The highest BCUT2D eigenvalue weighted by Gasteiger charge is 2.23. The molecule has 0 bridgehead atoms. The number of nitrogen functional groups attached to an aromatic ring is 1. The number of hydrogen-bond acceptors (Lipinski definition) is 5. The minimum Gasteiger partial charge on any atom is -0.383 e. The molecule has 0 spiro atoms. The third kappa shape index (κ3) is 6.79. The number of amides is 3.